The third kappa shape index (κ3) is 4.28. The van der Waals surface area contributed by atoms with E-state index >= 15 is 0 Å². The molecule has 1 aromatic carbocycles. The summed E-state index contributed by atoms with van der Waals surface area (Å²) in [7, 11) is 0. The van der Waals surface area contributed by atoms with E-state index in [1.165, 1.54) is 5.56 Å². The predicted octanol–water partition coefficient (Wildman–Crippen LogP) is 2.54. The first-order valence-electron chi connectivity index (χ1n) is 5.36. The molecule has 0 aromatic heterocycles. The molecule has 0 saturated heterocycles. The minimum Gasteiger partial charge on any atom is -0.368 e. The van der Waals surface area contributed by atoms with Gasteiger partial charge in [0.15, 0.2) is 0 Å². The molecule has 1 unspecified atom stereocenters. The van der Waals surface area contributed by atoms with Crippen molar-refractivity contribution in [2.75, 3.05) is 19.7 Å². The van der Waals surface area contributed by atoms with Crippen molar-refractivity contribution < 1.29 is 4.74 Å². The highest BCUT2D eigenvalue weighted by Gasteiger charge is 2.09. The Kier molecular flexibility index (Phi) is 5.74. The van der Waals surface area contributed by atoms with Gasteiger partial charge < -0.3 is 10.1 Å². The van der Waals surface area contributed by atoms with Crippen LogP contribution in [0.5, 0.6) is 0 Å². The second-order valence-corrected chi connectivity index (χ2v) is 3.33. The highest BCUT2D eigenvalue weighted by molar-refractivity contribution is 5.17. The molecule has 1 rings (SSSR count). The van der Waals surface area contributed by atoms with Gasteiger partial charge in [0.1, 0.15) is 0 Å². The average Bonchev–Trinajstić information content (AvgIpc) is 2.30. The number of benzene rings is 1. The van der Waals surface area contributed by atoms with Crippen molar-refractivity contribution in [3.63, 3.8) is 0 Å². The zero-order valence-corrected chi connectivity index (χ0v) is 9.28. The van der Waals surface area contributed by atoms with Crippen LogP contribution in [0.3, 0.4) is 0 Å². The lowest BCUT2D eigenvalue weighted by molar-refractivity contribution is 0.0743. The molecule has 2 heteroatoms. The number of nitrogens with one attached hydrogen (secondary N) is 1. The first-order valence-corrected chi connectivity index (χ1v) is 5.36. The van der Waals surface area contributed by atoms with Gasteiger partial charge in [0.25, 0.3) is 0 Å². The van der Waals surface area contributed by atoms with Crippen LogP contribution in [0, 0.1) is 0 Å². The molecule has 0 fully saturated rings. The van der Waals surface area contributed by atoms with Crippen LogP contribution in [0.2, 0.25) is 0 Å². The largest absolute Gasteiger partial charge is 0.368 e. The third-order valence-corrected chi connectivity index (χ3v) is 2.17. The SMILES string of the molecule is C=CCOC(CNCC)c1ccccc1. The zero-order valence-electron chi connectivity index (χ0n) is 9.28. The quantitative estimate of drug-likeness (QED) is 0.691. The van der Waals surface area contributed by atoms with E-state index in [-0.39, 0.29) is 6.10 Å². The van der Waals surface area contributed by atoms with E-state index in [2.05, 4.69) is 31.0 Å². The molecule has 0 spiro atoms. The molecule has 0 aliphatic carbocycles. The van der Waals surface area contributed by atoms with Crippen LogP contribution in [0.1, 0.15) is 18.6 Å². The van der Waals surface area contributed by atoms with E-state index in [0.717, 1.165) is 13.1 Å². The minimum atomic E-state index is 0.115. The van der Waals surface area contributed by atoms with Crippen molar-refractivity contribution in [3.8, 4) is 0 Å². The van der Waals surface area contributed by atoms with Crippen molar-refractivity contribution in [3.05, 3.63) is 48.6 Å². The average molecular weight is 205 g/mol. The lowest BCUT2D eigenvalue weighted by Gasteiger charge is -2.17. The van der Waals surface area contributed by atoms with Gasteiger partial charge in [0.05, 0.1) is 12.7 Å². The van der Waals surface area contributed by atoms with Crippen LogP contribution in [-0.4, -0.2) is 19.7 Å². The van der Waals surface area contributed by atoms with E-state index in [1.807, 2.05) is 18.2 Å². The summed E-state index contributed by atoms with van der Waals surface area (Å²) in [5.41, 5.74) is 1.21. The molecule has 0 aliphatic rings. The standard InChI is InChI=1S/C13H19NO/c1-3-10-15-13(11-14-4-2)12-8-6-5-7-9-12/h3,5-9,13-14H,1,4,10-11H2,2H3. The Morgan fingerprint density at radius 3 is 2.73 bits per heavy atom. The number of hydrogen-bond acceptors (Lipinski definition) is 2. The van der Waals surface area contributed by atoms with Crippen LogP contribution < -0.4 is 5.32 Å². The van der Waals surface area contributed by atoms with Crippen LogP contribution in [0.25, 0.3) is 0 Å². The molecule has 15 heavy (non-hydrogen) atoms. The molecule has 0 aliphatic heterocycles. The highest BCUT2D eigenvalue weighted by atomic mass is 16.5. The van der Waals surface area contributed by atoms with Gasteiger partial charge >= 0.3 is 0 Å². The number of ether oxygens (including phenoxy) is 1. The van der Waals surface area contributed by atoms with Crippen molar-refractivity contribution in [1.82, 2.24) is 5.32 Å². The Labute approximate surface area is 92.0 Å². The fourth-order valence-corrected chi connectivity index (χ4v) is 1.40. The first kappa shape index (κ1) is 12.0. The molecule has 82 valence electrons. The van der Waals surface area contributed by atoms with E-state index in [9.17, 15) is 0 Å². The van der Waals surface area contributed by atoms with Crippen LogP contribution in [-0.2, 0) is 4.74 Å². The van der Waals surface area contributed by atoms with Gasteiger partial charge in [-0.2, -0.15) is 0 Å². The van der Waals surface area contributed by atoms with Gasteiger partial charge in [0.2, 0.25) is 0 Å². The first-order chi connectivity index (χ1) is 7.38. The zero-order chi connectivity index (χ0) is 10.9. The van der Waals surface area contributed by atoms with Crippen LogP contribution in [0.15, 0.2) is 43.0 Å². The van der Waals surface area contributed by atoms with Gasteiger partial charge in [0, 0.05) is 6.54 Å². The predicted molar refractivity (Wildman–Crippen MR) is 63.9 cm³/mol. The molecule has 1 atom stereocenters. The molecule has 0 radical (unpaired) electrons. The fraction of sp³-hybridized carbons (Fsp3) is 0.385. The maximum atomic E-state index is 5.70. The molecule has 0 heterocycles. The molecular weight excluding hydrogens is 186 g/mol. The normalized spacial score (nSPS) is 12.3. The van der Waals surface area contributed by atoms with E-state index in [0.29, 0.717) is 6.61 Å². The van der Waals surface area contributed by atoms with E-state index < -0.39 is 0 Å². The molecule has 1 aromatic rings. The highest BCUT2D eigenvalue weighted by Crippen LogP contribution is 2.15. The molecule has 1 N–H and O–H groups in total. The summed E-state index contributed by atoms with van der Waals surface area (Å²) in [6.45, 7) is 8.14. The summed E-state index contributed by atoms with van der Waals surface area (Å²) in [4.78, 5) is 0. The summed E-state index contributed by atoms with van der Waals surface area (Å²) >= 11 is 0. The van der Waals surface area contributed by atoms with Crippen LogP contribution in [0.4, 0.5) is 0 Å². The Morgan fingerprint density at radius 1 is 1.40 bits per heavy atom. The van der Waals surface area contributed by atoms with Gasteiger partial charge in [-0.15, -0.1) is 6.58 Å². The van der Waals surface area contributed by atoms with E-state index in [4.69, 9.17) is 4.74 Å². The van der Waals surface area contributed by atoms with Gasteiger partial charge in [-0.05, 0) is 12.1 Å². The summed E-state index contributed by atoms with van der Waals surface area (Å²) in [5.74, 6) is 0. The molecule has 0 bridgehead atoms. The lowest BCUT2D eigenvalue weighted by Crippen LogP contribution is -2.23. The topological polar surface area (TPSA) is 21.3 Å². The molecule has 0 amide bonds. The second-order valence-electron chi connectivity index (χ2n) is 3.33. The van der Waals surface area contributed by atoms with Crippen LogP contribution >= 0.6 is 0 Å². The summed E-state index contributed by atoms with van der Waals surface area (Å²) in [5, 5.41) is 3.30. The van der Waals surface area contributed by atoms with Crippen molar-refractivity contribution >= 4 is 0 Å². The van der Waals surface area contributed by atoms with Crippen molar-refractivity contribution in [2.45, 2.75) is 13.0 Å². The maximum Gasteiger partial charge on any atom is 0.0953 e. The Bertz CT molecular complexity index is 271. The molecule has 2 nitrogen and oxygen atoms in total. The molecular formula is C13H19NO. The second kappa shape index (κ2) is 7.21. The molecule has 0 saturated carbocycles. The Balaban J connectivity index is 2.58. The summed E-state index contributed by atoms with van der Waals surface area (Å²) in [6.07, 6.45) is 1.89. The van der Waals surface area contributed by atoms with E-state index in [1.54, 1.807) is 6.08 Å². The number of hydrogen-bond donors (Lipinski definition) is 1. The van der Waals surface area contributed by atoms with Crippen molar-refractivity contribution in [1.29, 1.82) is 0 Å². The Hall–Kier alpha value is -1.12. The van der Waals surface area contributed by atoms with Gasteiger partial charge in [-0.1, -0.05) is 43.3 Å². The number of likely N-dealkylation sites (N-methyl/N-ethyl adjacent to an activating group) is 1. The summed E-state index contributed by atoms with van der Waals surface area (Å²) in [6, 6.07) is 10.3. The number of rotatable bonds is 7. The lowest BCUT2D eigenvalue weighted by atomic mass is 10.1. The Morgan fingerprint density at radius 2 is 2.13 bits per heavy atom. The monoisotopic (exact) mass is 205 g/mol. The summed E-state index contributed by atoms with van der Waals surface area (Å²) < 4.78 is 5.70. The van der Waals surface area contributed by atoms with Gasteiger partial charge in [-0.3, -0.25) is 0 Å². The maximum absolute atomic E-state index is 5.70. The van der Waals surface area contributed by atoms with Crippen molar-refractivity contribution in [2.24, 2.45) is 0 Å². The third-order valence-electron chi connectivity index (χ3n) is 2.17. The fourth-order valence-electron chi connectivity index (χ4n) is 1.40. The minimum absolute atomic E-state index is 0.115. The van der Waals surface area contributed by atoms with Gasteiger partial charge in [-0.25, -0.2) is 0 Å². The smallest absolute Gasteiger partial charge is 0.0953 e.